The molecule has 0 aliphatic carbocycles. The highest BCUT2D eigenvalue weighted by Gasteiger charge is 2.35. The van der Waals surface area contributed by atoms with Gasteiger partial charge in [0.1, 0.15) is 0 Å². The highest BCUT2D eigenvalue weighted by molar-refractivity contribution is 5.32. The van der Waals surface area contributed by atoms with Crippen LogP contribution in [-0.4, -0.2) is 66.1 Å². The number of nitrogens with one attached hydrogen (secondary N) is 1. The number of pyridine rings is 1. The van der Waals surface area contributed by atoms with Crippen LogP contribution in [0, 0.1) is 5.92 Å². The van der Waals surface area contributed by atoms with E-state index in [9.17, 15) is 4.79 Å². The van der Waals surface area contributed by atoms with Crippen LogP contribution in [0.5, 0.6) is 0 Å². The number of hydrogen-bond acceptors (Lipinski definition) is 6. The summed E-state index contributed by atoms with van der Waals surface area (Å²) >= 11 is 0. The van der Waals surface area contributed by atoms with Gasteiger partial charge >= 0.3 is 0 Å². The first-order valence-corrected chi connectivity index (χ1v) is 11.1. The smallest absolute Gasteiger partial charge is 0.290 e. The Balaban J connectivity index is 0.000000821. The Bertz CT molecular complexity index is 1120. The first-order chi connectivity index (χ1) is 16.0. The van der Waals surface area contributed by atoms with E-state index < -0.39 is 0 Å². The van der Waals surface area contributed by atoms with Gasteiger partial charge in [0.25, 0.3) is 12.0 Å². The molecule has 2 N–H and O–H groups in total. The van der Waals surface area contributed by atoms with Crippen LogP contribution in [0.4, 0.5) is 0 Å². The lowest BCUT2D eigenvalue weighted by Gasteiger charge is -2.43. The Kier molecular flexibility index (Phi) is 7.05. The minimum atomic E-state index is -0.250. The van der Waals surface area contributed by atoms with Gasteiger partial charge in [0.15, 0.2) is 0 Å². The summed E-state index contributed by atoms with van der Waals surface area (Å²) in [4.78, 5) is 26.3. The normalized spacial score (nSPS) is 19.6. The molecule has 0 unspecified atom stereocenters. The van der Waals surface area contributed by atoms with Crippen molar-refractivity contribution in [1.82, 2.24) is 34.3 Å². The molecule has 0 spiro atoms. The fourth-order valence-electron chi connectivity index (χ4n) is 5.16. The number of aromatic amines is 1. The minimum Gasteiger partial charge on any atom is -0.483 e. The van der Waals surface area contributed by atoms with Crippen molar-refractivity contribution >= 4 is 6.47 Å². The molecule has 0 saturated carbocycles. The second-order valence-corrected chi connectivity index (χ2v) is 9.07. The van der Waals surface area contributed by atoms with Gasteiger partial charge in [0.05, 0.1) is 6.20 Å². The molecular formula is C23H31N7O3. The highest BCUT2D eigenvalue weighted by Crippen LogP contribution is 2.35. The molecule has 3 aromatic rings. The van der Waals surface area contributed by atoms with Gasteiger partial charge in [-0.25, -0.2) is 0 Å². The Hall–Kier alpha value is -3.24. The lowest BCUT2D eigenvalue weighted by atomic mass is 9.83. The summed E-state index contributed by atoms with van der Waals surface area (Å²) in [5.41, 5.74) is 4.56. The van der Waals surface area contributed by atoms with Gasteiger partial charge in [-0.15, -0.1) is 0 Å². The van der Waals surface area contributed by atoms with Crippen LogP contribution in [0.1, 0.15) is 34.9 Å². The van der Waals surface area contributed by atoms with Crippen molar-refractivity contribution in [3.8, 4) is 0 Å². The fraction of sp³-hybridized carbons (Fsp3) is 0.478. The molecule has 3 aromatic heterocycles. The topological polar surface area (TPSA) is 112 Å². The monoisotopic (exact) mass is 453 g/mol. The molecule has 1 saturated heterocycles. The molecule has 10 nitrogen and oxygen atoms in total. The number of rotatable bonds is 6. The third-order valence-corrected chi connectivity index (χ3v) is 6.36. The molecule has 2 aliphatic rings. The van der Waals surface area contributed by atoms with Crippen molar-refractivity contribution < 1.29 is 9.90 Å². The predicted octanol–water partition coefficient (Wildman–Crippen LogP) is 1.26. The molecule has 2 aliphatic heterocycles. The molecular weight excluding hydrogens is 422 g/mol. The first-order valence-electron chi connectivity index (χ1n) is 11.1. The summed E-state index contributed by atoms with van der Waals surface area (Å²) in [6.45, 7) is 4.94. The van der Waals surface area contributed by atoms with Gasteiger partial charge in [-0.05, 0) is 31.5 Å². The molecule has 2 atom stereocenters. The summed E-state index contributed by atoms with van der Waals surface area (Å²) < 4.78 is 3.92. The van der Waals surface area contributed by atoms with E-state index in [1.807, 2.05) is 37.1 Å². The lowest BCUT2D eigenvalue weighted by Crippen LogP contribution is -2.47. The Labute approximate surface area is 192 Å². The van der Waals surface area contributed by atoms with Crippen molar-refractivity contribution in [3.05, 3.63) is 69.7 Å². The maximum atomic E-state index is 13.2. The fourth-order valence-corrected chi connectivity index (χ4v) is 5.16. The number of carboxylic acid groups (broad SMARTS) is 1. The summed E-state index contributed by atoms with van der Waals surface area (Å²) in [6, 6.07) is 6.20. The number of aryl methyl sites for hydroxylation is 1. The van der Waals surface area contributed by atoms with Gasteiger partial charge in [-0.1, -0.05) is 6.07 Å². The molecule has 10 heteroatoms. The number of aromatic nitrogens is 5. The van der Waals surface area contributed by atoms with Crippen molar-refractivity contribution in [2.75, 3.05) is 20.1 Å². The SMILES string of the molecule is CN(Cc1ccn[nH]1)Cc1ccc2n(c1=O)C[C@H]1C[C@@H]2CN(Cc2cnn(C)c2)C1.O=CO. The molecule has 5 heterocycles. The van der Waals surface area contributed by atoms with Crippen LogP contribution < -0.4 is 5.56 Å². The van der Waals surface area contributed by atoms with Crippen molar-refractivity contribution in [2.45, 2.75) is 38.5 Å². The highest BCUT2D eigenvalue weighted by atomic mass is 16.3. The largest absolute Gasteiger partial charge is 0.483 e. The Morgan fingerprint density at radius 1 is 1.24 bits per heavy atom. The Morgan fingerprint density at radius 3 is 2.76 bits per heavy atom. The van der Waals surface area contributed by atoms with Crippen LogP contribution in [0.2, 0.25) is 0 Å². The third-order valence-electron chi connectivity index (χ3n) is 6.36. The van der Waals surface area contributed by atoms with E-state index in [1.54, 1.807) is 6.20 Å². The van der Waals surface area contributed by atoms with E-state index in [0.717, 1.165) is 44.0 Å². The summed E-state index contributed by atoms with van der Waals surface area (Å²) in [5.74, 6) is 0.960. The minimum absolute atomic E-state index is 0.180. The lowest BCUT2D eigenvalue weighted by molar-refractivity contribution is -0.122. The van der Waals surface area contributed by atoms with Crippen molar-refractivity contribution in [3.63, 3.8) is 0 Å². The zero-order valence-electron chi connectivity index (χ0n) is 19.1. The van der Waals surface area contributed by atoms with Gasteiger partial charge in [-0.2, -0.15) is 10.2 Å². The average molecular weight is 454 g/mol. The Morgan fingerprint density at radius 2 is 2.06 bits per heavy atom. The van der Waals surface area contributed by atoms with Gasteiger partial charge in [0, 0.05) is 87.1 Å². The maximum absolute atomic E-state index is 13.2. The number of fused-ring (bicyclic) bond motifs is 4. The molecule has 33 heavy (non-hydrogen) atoms. The second kappa shape index (κ2) is 10.1. The zero-order chi connectivity index (χ0) is 23.4. The van der Waals surface area contributed by atoms with Crippen molar-refractivity contribution in [2.24, 2.45) is 13.0 Å². The van der Waals surface area contributed by atoms with Crippen molar-refractivity contribution in [1.29, 1.82) is 0 Å². The van der Waals surface area contributed by atoms with Gasteiger partial charge in [-0.3, -0.25) is 29.2 Å². The number of piperidine rings is 1. The summed E-state index contributed by atoms with van der Waals surface area (Å²) in [6.07, 6.45) is 6.99. The quantitative estimate of drug-likeness (QED) is 0.540. The van der Waals surface area contributed by atoms with E-state index >= 15 is 0 Å². The predicted molar refractivity (Wildman–Crippen MR) is 122 cm³/mol. The van der Waals surface area contributed by atoms with Gasteiger partial charge in [0.2, 0.25) is 0 Å². The molecule has 1 fully saturated rings. The molecule has 5 rings (SSSR count). The number of carbonyl (C=O) groups is 1. The summed E-state index contributed by atoms with van der Waals surface area (Å²) in [7, 11) is 4.00. The number of nitrogens with zero attached hydrogens (tertiary/aromatic N) is 6. The van der Waals surface area contributed by atoms with E-state index in [1.165, 1.54) is 17.7 Å². The summed E-state index contributed by atoms with van der Waals surface area (Å²) in [5, 5.41) is 18.2. The van der Waals surface area contributed by atoms with Crippen LogP contribution >= 0.6 is 0 Å². The molecule has 0 amide bonds. The van der Waals surface area contributed by atoms with Crippen LogP contribution in [0.25, 0.3) is 0 Å². The zero-order valence-corrected chi connectivity index (χ0v) is 19.1. The van der Waals surface area contributed by atoms with Crippen LogP contribution in [-0.2, 0) is 38.0 Å². The third kappa shape index (κ3) is 5.40. The standard InChI is InChI=1S/C22H29N7O.CH2O2/c1-26(15-20-5-6-23-25-20)13-18-3-4-21-19-7-16(12-29(21)22(18)30)10-28(14-19)11-17-8-24-27(2)9-17;2-1-3/h3-6,8-9,16,19H,7,10-15H2,1-2H3,(H,23,25);1H,(H,2,3)/t16-,19+;/m0./s1. The van der Waals surface area contributed by atoms with E-state index in [2.05, 4.69) is 41.9 Å². The maximum Gasteiger partial charge on any atom is 0.290 e. The number of H-pyrrole nitrogens is 1. The molecule has 0 aromatic carbocycles. The van der Waals surface area contributed by atoms with Crippen LogP contribution in [0.15, 0.2) is 41.6 Å². The number of likely N-dealkylation sites (tertiary alicyclic amines) is 1. The van der Waals surface area contributed by atoms with E-state index in [4.69, 9.17) is 9.90 Å². The van der Waals surface area contributed by atoms with Gasteiger partial charge < -0.3 is 9.67 Å². The first kappa shape index (κ1) is 22.9. The van der Waals surface area contributed by atoms with E-state index in [0.29, 0.717) is 18.4 Å². The average Bonchev–Trinajstić information content (AvgIpc) is 3.42. The molecule has 0 radical (unpaired) electrons. The van der Waals surface area contributed by atoms with E-state index in [-0.39, 0.29) is 12.0 Å². The number of hydrogen-bond donors (Lipinski definition) is 2. The molecule has 2 bridgehead atoms. The van der Waals surface area contributed by atoms with Crippen LogP contribution in [0.3, 0.4) is 0 Å². The second-order valence-electron chi connectivity index (χ2n) is 9.07. The molecule has 176 valence electrons.